The number of nitrogens with zero attached hydrogens (tertiary/aromatic N) is 1. The van der Waals surface area contributed by atoms with Crippen molar-refractivity contribution in [2.75, 3.05) is 18.4 Å². The van der Waals surface area contributed by atoms with Crippen molar-refractivity contribution in [3.05, 3.63) is 29.6 Å². The fraction of sp³-hybridized carbons (Fsp3) is 0.467. The molecule has 2 rings (SSSR count). The van der Waals surface area contributed by atoms with Crippen LogP contribution in [-0.2, 0) is 4.79 Å². The van der Waals surface area contributed by atoms with Gasteiger partial charge in [0.1, 0.15) is 5.82 Å². The summed E-state index contributed by atoms with van der Waals surface area (Å²) in [5, 5.41) is 11.7. The van der Waals surface area contributed by atoms with E-state index in [-0.39, 0.29) is 12.2 Å². The molecule has 6 heteroatoms. The van der Waals surface area contributed by atoms with Gasteiger partial charge in [-0.05, 0) is 44.4 Å². The SMILES string of the molecule is Cc1ccc(NC(=O)N2CCCC(C)(C(=O)O)C2)c(F)c1. The lowest BCUT2D eigenvalue weighted by Gasteiger charge is -2.37. The lowest BCUT2D eigenvalue weighted by molar-refractivity contribution is -0.150. The van der Waals surface area contributed by atoms with E-state index in [1.807, 2.05) is 0 Å². The van der Waals surface area contributed by atoms with Crippen molar-refractivity contribution in [2.45, 2.75) is 26.7 Å². The number of carboxylic acids is 1. The smallest absolute Gasteiger partial charge is 0.321 e. The Morgan fingerprint density at radius 3 is 2.76 bits per heavy atom. The van der Waals surface area contributed by atoms with E-state index in [4.69, 9.17) is 0 Å². The van der Waals surface area contributed by atoms with Crippen LogP contribution in [0.3, 0.4) is 0 Å². The third kappa shape index (κ3) is 3.32. The number of halogens is 1. The average molecular weight is 294 g/mol. The van der Waals surface area contributed by atoms with Crippen LogP contribution in [0.15, 0.2) is 18.2 Å². The molecule has 5 nitrogen and oxygen atoms in total. The topological polar surface area (TPSA) is 69.6 Å². The molecule has 2 amide bonds. The van der Waals surface area contributed by atoms with E-state index < -0.39 is 23.2 Å². The molecule has 0 aromatic heterocycles. The first-order chi connectivity index (χ1) is 9.82. The molecule has 1 aliphatic heterocycles. The third-order valence-electron chi connectivity index (χ3n) is 3.87. The zero-order valence-corrected chi connectivity index (χ0v) is 12.1. The van der Waals surface area contributed by atoms with Gasteiger partial charge >= 0.3 is 12.0 Å². The molecule has 0 bridgehead atoms. The molecule has 114 valence electrons. The highest BCUT2D eigenvalue weighted by molar-refractivity contribution is 5.90. The lowest BCUT2D eigenvalue weighted by atomic mass is 9.82. The van der Waals surface area contributed by atoms with Gasteiger partial charge in [-0.25, -0.2) is 9.18 Å². The average Bonchev–Trinajstić information content (AvgIpc) is 2.41. The first kappa shape index (κ1) is 15.3. The Morgan fingerprint density at radius 1 is 1.43 bits per heavy atom. The van der Waals surface area contributed by atoms with Gasteiger partial charge in [0.15, 0.2) is 0 Å². The quantitative estimate of drug-likeness (QED) is 0.881. The number of urea groups is 1. The molecule has 21 heavy (non-hydrogen) atoms. The zero-order valence-electron chi connectivity index (χ0n) is 12.1. The molecule has 1 heterocycles. The van der Waals surface area contributed by atoms with E-state index in [2.05, 4.69) is 5.32 Å². The van der Waals surface area contributed by atoms with Crippen molar-refractivity contribution >= 4 is 17.7 Å². The molecule has 0 saturated carbocycles. The van der Waals surface area contributed by atoms with Crippen LogP contribution in [-0.4, -0.2) is 35.1 Å². The minimum Gasteiger partial charge on any atom is -0.481 e. The number of hydrogen-bond donors (Lipinski definition) is 2. The Morgan fingerprint density at radius 2 is 2.14 bits per heavy atom. The number of carbonyl (C=O) groups excluding carboxylic acids is 1. The summed E-state index contributed by atoms with van der Waals surface area (Å²) in [6.07, 6.45) is 1.15. The molecule has 1 aromatic rings. The van der Waals surface area contributed by atoms with Gasteiger partial charge in [0, 0.05) is 13.1 Å². The number of anilines is 1. The number of hydrogen-bond acceptors (Lipinski definition) is 2. The van der Waals surface area contributed by atoms with Crippen molar-refractivity contribution < 1.29 is 19.1 Å². The van der Waals surface area contributed by atoms with E-state index in [1.54, 1.807) is 19.9 Å². The number of piperidine rings is 1. The summed E-state index contributed by atoms with van der Waals surface area (Å²) in [5.41, 5.74) is -0.0726. The van der Waals surface area contributed by atoms with Crippen LogP contribution in [0.2, 0.25) is 0 Å². The van der Waals surface area contributed by atoms with Gasteiger partial charge in [-0.1, -0.05) is 6.07 Å². The van der Waals surface area contributed by atoms with Gasteiger partial charge in [-0.15, -0.1) is 0 Å². The lowest BCUT2D eigenvalue weighted by Crippen LogP contribution is -2.49. The number of carbonyl (C=O) groups is 2. The fourth-order valence-corrected chi connectivity index (χ4v) is 2.50. The monoisotopic (exact) mass is 294 g/mol. The van der Waals surface area contributed by atoms with Crippen molar-refractivity contribution in [2.24, 2.45) is 5.41 Å². The summed E-state index contributed by atoms with van der Waals surface area (Å²) >= 11 is 0. The van der Waals surface area contributed by atoms with E-state index >= 15 is 0 Å². The molecule has 0 aliphatic carbocycles. The minimum atomic E-state index is -0.943. The van der Waals surface area contributed by atoms with Crippen LogP contribution in [0, 0.1) is 18.2 Å². The Balaban J connectivity index is 2.08. The minimum absolute atomic E-state index is 0.105. The van der Waals surface area contributed by atoms with Gasteiger partial charge in [0.2, 0.25) is 0 Å². The summed E-state index contributed by atoms with van der Waals surface area (Å²) in [6.45, 7) is 3.99. The first-order valence-corrected chi connectivity index (χ1v) is 6.87. The van der Waals surface area contributed by atoms with Gasteiger partial charge in [0.25, 0.3) is 0 Å². The first-order valence-electron chi connectivity index (χ1n) is 6.87. The molecule has 1 aromatic carbocycles. The molecule has 1 atom stereocenters. The summed E-state index contributed by atoms with van der Waals surface area (Å²) in [7, 11) is 0. The number of aryl methyl sites for hydroxylation is 1. The molecule has 1 saturated heterocycles. The molecular formula is C15H19FN2O3. The van der Waals surface area contributed by atoms with Crippen molar-refractivity contribution in [1.29, 1.82) is 0 Å². The second-order valence-corrected chi connectivity index (χ2v) is 5.80. The Bertz CT molecular complexity index is 576. The summed E-state index contributed by atoms with van der Waals surface area (Å²) < 4.78 is 13.7. The summed E-state index contributed by atoms with van der Waals surface area (Å²) in [4.78, 5) is 24.9. The molecule has 1 unspecified atom stereocenters. The highest BCUT2D eigenvalue weighted by atomic mass is 19.1. The number of aliphatic carboxylic acids is 1. The number of nitrogens with one attached hydrogen (secondary N) is 1. The van der Waals surface area contributed by atoms with Gasteiger partial charge in [-0.2, -0.15) is 0 Å². The van der Waals surface area contributed by atoms with Crippen molar-refractivity contribution in [1.82, 2.24) is 4.90 Å². The van der Waals surface area contributed by atoms with Crippen LogP contribution in [0.25, 0.3) is 0 Å². The second kappa shape index (κ2) is 5.71. The summed E-state index contributed by atoms with van der Waals surface area (Å²) in [6, 6.07) is 4.08. The molecule has 1 fully saturated rings. The van der Waals surface area contributed by atoms with Crippen LogP contribution < -0.4 is 5.32 Å². The second-order valence-electron chi connectivity index (χ2n) is 5.80. The van der Waals surface area contributed by atoms with Crippen molar-refractivity contribution in [3.63, 3.8) is 0 Å². The number of carboxylic acid groups (broad SMARTS) is 1. The standard InChI is InChI=1S/C15H19FN2O3/c1-10-4-5-12(11(16)8-10)17-14(21)18-7-3-6-15(2,9-18)13(19)20/h4-5,8H,3,6-7,9H2,1-2H3,(H,17,21)(H,19,20). The molecule has 0 spiro atoms. The maximum absolute atomic E-state index is 13.7. The van der Waals surface area contributed by atoms with Crippen LogP contribution in [0.4, 0.5) is 14.9 Å². The highest BCUT2D eigenvalue weighted by Crippen LogP contribution is 2.30. The maximum atomic E-state index is 13.7. The molecular weight excluding hydrogens is 275 g/mol. The van der Waals surface area contributed by atoms with Crippen LogP contribution in [0.1, 0.15) is 25.3 Å². The fourth-order valence-electron chi connectivity index (χ4n) is 2.50. The Labute approximate surface area is 122 Å². The number of rotatable bonds is 2. The van der Waals surface area contributed by atoms with E-state index in [0.29, 0.717) is 19.4 Å². The highest BCUT2D eigenvalue weighted by Gasteiger charge is 2.39. The molecule has 1 aliphatic rings. The van der Waals surface area contributed by atoms with Crippen LogP contribution in [0.5, 0.6) is 0 Å². The molecule has 0 radical (unpaired) electrons. The molecule has 2 N–H and O–H groups in total. The van der Waals surface area contributed by atoms with Crippen LogP contribution >= 0.6 is 0 Å². The predicted octanol–water partition coefficient (Wildman–Crippen LogP) is 2.85. The number of amides is 2. The maximum Gasteiger partial charge on any atom is 0.321 e. The number of likely N-dealkylation sites (tertiary alicyclic amines) is 1. The van der Waals surface area contributed by atoms with Gasteiger partial charge in [0.05, 0.1) is 11.1 Å². The van der Waals surface area contributed by atoms with E-state index in [0.717, 1.165) is 5.56 Å². The zero-order chi connectivity index (χ0) is 15.6. The normalized spacial score (nSPS) is 22.0. The summed E-state index contributed by atoms with van der Waals surface area (Å²) in [5.74, 6) is -1.41. The van der Waals surface area contributed by atoms with E-state index in [1.165, 1.54) is 17.0 Å². The Hall–Kier alpha value is -2.11. The number of benzene rings is 1. The van der Waals surface area contributed by atoms with E-state index in [9.17, 15) is 19.1 Å². The predicted molar refractivity (Wildman–Crippen MR) is 76.7 cm³/mol. The Kier molecular flexibility index (Phi) is 4.16. The largest absolute Gasteiger partial charge is 0.481 e. The third-order valence-corrected chi connectivity index (χ3v) is 3.87. The van der Waals surface area contributed by atoms with Gasteiger partial charge in [-0.3, -0.25) is 4.79 Å². The van der Waals surface area contributed by atoms with Gasteiger partial charge < -0.3 is 15.3 Å². The van der Waals surface area contributed by atoms with Crippen molar-refractivity contribution in [3.8, 4) is 0 Å².